The van der Waals surface area contributed by atoms with Crippen LogP contribution in [0, 0.1) is 0 Å². The summed E-state index contributed by atoms with van der Waals surface area (Å²) in [4.78, 5) is 2.38. The second-order valence-electron chi connectivity index (χ2n) is 15.2. The van der Waals surface area contributed by atoms with Crippen molar-refractivity contribution in [3.63, 3.8) is 0 Å². The van der Waals surface area contributed by atoms with Gasteiger partial charge in [0.1, 0.15) is 11.2 Å². The maximum absolute atomic E-state index is 6.92. The van der Waals surface area contributed by atoms with Crippen LogP contribution in [0.3, 0.4) is 0 Å². The highest BCUT2D eigenvalue weighted by Gasteiger charge is 2.46. The summed E-state index contributed by atoms with van der Waals surface area (Å²) in [5, 5.41) is 4.82. The van der Waals surface area contributed by atoms with E-state index < -0.39 is 5.41 Å². The molecule has 1 aliphatic rings. The number of anilines is 3. The molecule has 0 aliphatic heterocycles. The zero-order chi connectivity index (χ0) is 38.2. The van der Waals surface area contributed by atoms with Crippen molar-refractivity contribution in [2.45, 2.75) is 5.41 Å². The van der Waals surface area contributed by atoms with Crippen LogP contribution in [-0.4, -0.2) is 0 Å². The minimum Gasteiger partial charge on any atom is -0.456 e. The lowest BCUT2D eigenvalue weighted by Crippen LogP contribution is -2.28. The van der Waals surface area contributed by atoms with Gasteiger partial charge in [0, 0.05) is 36.9 Å². The van der Waals surface area contributed by atoms with Gasteiger partial charge < -0.3 is 9.32 Å². The fourth-order valence-corrected chi connectivity index (χ4v) is 10.9. The average Bonchev–Trinajstić information content (AvgIpc) is 3.95. The Balaban J connectivity index is 1.06. The fraction of sp³-hybridized carbons (Fsp3) is 0.0182. The summed E-state index contributed by atoms with van der Waals surface area (Å²) < 4.78 is 9.56. The van der Waals surface area contributed by atoms with Gasteiger partial charge in [-0.05, 0) is 99.1 Å². The van der Waals surface area contributed by atoms with Gasteiger partial charge in [0.05, 0.1) is 16.5 Å². The van der Waals surface area contributed by atoms with E-state index in [9.17, 15) is 0 Å². The molecule has 272 valence electrons. The predicted octanol–water partition coefficient (Wildman–Crippen LogP) is 15.5. The summed E-state index contributed by atoms with van der Waals surface area (Å²) in [6, 6.07) is 77.2. The Hall–Kier alpha value is -7.20. The molecule has 0 fully saturated rings. The van der Waals surface area contributed by atoms with Gasteiger partial charge in [0.2, 0.25) is 0 Å². The number of hydrogen-bond acceptors (Lipinski definition) is 3. The van der Waals surface area contributed by atoms with E-state index >= 15 is 0 Å². The molecular weight excluding hydrogens is 723 g/mol. The van der Waals surface area contributed by atoms with Gasteiger partial charge in [-0.25, -0.2) is 0 Å². The Labute approximate surface area is 340 Å². The zero-order valence-corrected chi connectivity index (χ0v) is 32.3. The van der Waals surface area contributed by atoms with E-state index in [0.29, 0.717) is 0 Å². The molecule has 11 aromatic rings. The van der Waals surface area contributed by atoms with E-state index in [1.165, 1.54) is 64.7 Å². The first-order valence-electron chi connectivity index (χ1n) is 19.8. The van der Waals surface area contributed by atoms with E-state index in [2.05, 4.69) is 217 Å². The summed E-state index contributed by atoms with van der Waals surface area (Å²) in [6.07, 6.45) is 0. The lowest BCUT2D eigenvalue weighted by Gasteiger charge is -2.33. The molecule has 0 radical (unpaired) electrons. The van der Waals surface area contributed by atoms with Gasteiger partial charge in [-0.1, -0.05) is 158 Å². The van der Waals surface area contributed by atoms with Crippen LogP contribution in [0.15, 0.2) is 217 Å². The first-order chi connectivity index (χ1) is 28.8. The molecule has 0 unspecified atom stereocenters. The van der Waals surface area contributed by atoms with Crippen molar-refractivity contribution >= 4 is 70.5 Å². The highest BCUT2D eigenvalue weighted by molar-refractivity contribution is 7.26. The fourth-order valence-electron chi connectivity index (χ4n) is 9.70. The number of furan rings is 1. The quantitative estimate of drug-likeness (QED) is 0.168. The molecule has 0 N–H and O–H groups in total. The standard InChI is InChI=1S/C55H35NOS/c1-4-16-37(17-5-1)55(38-18-6-2-7-19-38)47-26-12-10-22-42(47)45-34-46-51(35-48(45)55)57-50-28-15-27-49(53(46)50)56(39-20-8-3-9-21-39)40-32-30-36(31-33-40)41-24-14-25-44-43-23-11-13-29-52(43)58-54(41)44/h1-35H. The monoisotopic (exact) mass is 757 g/mol. The maximum Gasteiger partial charge on any atom is 0.137 e. The van der Waals surface area contributed by atoms with E-state index in [-0.39, 0.29) is 0 Å². The third-order valence-corrected chi connectivity index (χ3v) is 13.4. The number of rotatable bonds is 6. The molecule has 2 aromatic heterocycles. The second kappa shape index (κ2) is 12.9. The van der Waals surface area contributed by atoms with Crippen molar-refractivity contribution in [1.29, 1.82) is 0 Å². The average molecular weight is 758 g/mol. The molecule has 0 atom stereocenters. The Morgan fingerprint density at radius 1 is 0.414 bits per heavy atom. The summed E-state index contributed by atoms with van der Waals surface area (Å²) in [5.41, 5.74) is 14.5. The van der Waals surface area contributed by atoms with Crippen LogP contribution in [0.1, 0.15) is 22.3 Å². The Bertz CT molecular complexity index is 3290. The third-order valence-electron chi connectivity index (χ3n) is 12.1. The highest BCUT2D eigenvalue weighted by atomic mass is 32.1. The van der Waals surface area contributed by atoms with E-state index in [1.54, 1.807) is 0 Å². The molecule has 12 rings (SSSR count). The van der Waals surface area contributed by atoms with Crippen LogP contribution in [0.4, 0.5) is 17.1 Å². The Morgan fingerprint density at radius 3 is 1.81 bits per heavy atom. The molecule has 2 heterocycles. The van der Waals surface area contributed by atoms with Crippen molar-refractivity contribution < 1.29 is 4.42 Å². The summed E-state index contributed by atoms with van der Waals surface area (Å²) in [7, 11) is 0. The number of benzene rings is 9. The van der Waals surface area contributed by atoms with Crippen molar-refractivity contribution in [3.05, 3.63) is 235 Å². The molecule has 0 saturated carbocycles. The lowest BCUT2D eigenvalue weighted by molar-refractivity contribution is 0.666. The Morgan fingerprint density at radius 2 is 1.03 bits per heavy atom. The molecule has 2 nitrogen and oxygen atoms in total. The number of nitrogens with zero attached hydrogens (tertiary/aromatic N) is 1. The van der Waals surface area contributed by atoms with Crippen molar-refractivity contribution in [2.24, 2.45) is 0 Å². The number of fused-ring (bicyclic) bond motifs is 9. The number of hydrogen-bond donors (Lipinski definition) is 0. The third kappa shape index (κ3) is 4.78. The first-order valence-corrected chi connectivity index (χ1v) is 20.7. The molecule has 0 spiro atoms. The molecule has 9 aromatic carbocycles. The molecule has 0 saturated heterocycles. The van der Waals surface area contributed by atoms with Crippen LogP contribution in [-0.2, 0) is 5.41 Å². The van der Waals surface area contributed by atoms with Crippen molar-refractivity contribution in [1.82, 2.24) is 0 Å². The van der Waals surface area contributed by atoms with Gasteiger partial charge in [-0.3, -0.25) is 0 Å². The minimum atomic E-state index is -0.498. The zero-order valence-electron chi connectivity index (χ0n) is 31.5. The lowest BCUT2D eigenvalue weighted by atomic mass is 9.67. The van der Waals surface area contributed by atoms with Crippen LogP contribution in [0.5, 0.6) is 0 Å². The smallest absolute Gasteiger partial charge is 0.137 e. The summed E-state index contributed by atoms with van der Waals surface area (Å²) in [5.74, 6) is 0. The van der Waals surface area contributed by atoms with Gasteiger partial charge in [0.15, 0.2) is 0 Å². The van der Waals surface area contributed by atoms with E-state index in [4.69, 9.17) is 4.42 Å². The van der Waals surface area contributed by atoms with E-state index in [0.717, 1.165) is 39.0 Å². The normalized spacial score (nSPS) is 13.0. The number of thiophene rings is 1. The van der Waals surface area contributed by atoms with Crippen LogP contribution in [0.25, 0.3) is 64.4 Å². The predicted molar refractivity (Wildman–Crippen MR) is 244 cm³/mol. The van der Waals surface area contributed by atoms with E-state index in [1.807, 2.05) is 11.3 Å². The second-order valence-corrected chi connectivity index (χ2v) is 16.2. The summed E-state index contributed by atoms with van der Waals surface area (Å²) in [6.45, 7) is 0. The Kier molecular flexibility index (Phi) is 7.35. The van der Waals surface area contributed by atoms with Crippen LogP contribution < -0.4 is 4.90 Å². The molecule has 3 heteroatoms. The van der Waals surface area contributed by atoms with Crippen molar-refractivity contribution in [2.75, 3.05) is 4.90 Å². The topological polar surface area (TPSA) is 16.4 Å². The minimum absolute atomic E-state index is 0.498. The van der Waals surface area contributed by atoms with Gasteiger partial charge in [-0.15, -0.1) is 11.3 Å². The maximum atomic E-state index is 6.92. The van der Waals surface area contributed by atoms with Gasteiger partial charge >= 0.3 is 0 Å². The SMILES string of the molecule is c1ccc(N(c2ccc(-c3cccc4c3sc3ccccc34)cc2)c2cccc3oc4cc5c(cc4c23)-c2ccccc2C5(c2ccccc2)c2ccccc2)cc1. The molecular formula is C55H35NOS. The van der Waals surface area contributed by atoms with Gasteiger partial charge in [0.25, 0.3) is 0 Å². The largest absolute Gasteiger partial charge is 0.456 e. The number of para-hydroxylation sites is 1. The van der Waals surface area contributed by atoms with Gasteiger partial charge in [-0.2, -0.15) is 0 Å². The molecule has 58 heavy (non-hydrogen) atoms. The highest BCUT2D eigenvalue weighted by Crippen LogP contribution is 2.58. The summed E-state index contributed by atoms with van der Waals surface area (Å²) >= 11 is 1.87. The van der Waals surface area contributed by atoms with Crippen molar-refractivity contribution in [3.8, 4) is 22.3 Å². The first kappa shape index (κ1) is 33.0. The molecule has 0 bridgehead atoms. The molecule has 1 aliphatic carbocycles. The van der Waals surface area contributed by atoms with Crippen LogP contribution in [0.2, 0.25) is 0 Å². The van der Waals surface area contributed by atoms with Crippen LogP contribution >= 0.6 is 11.3 Å². The molecule has 0 amide bonds.